The van der Waals surface area contributed by atoms with E-state index in [1.807, 2.05) is 36.0 Å². The zero-order valence-corrected chi connectivity index (χ0v) is 19.5. The number of benzene rings is 2. The number of nitrogens with zero attached hydrogens (tertiary/aromatic N) is 3. The van der Waals surface area contributed by atoms with Gasteiger partial charge in [-0.3, -0.25) is 9.59 Å². The van der Waals surface area contributed by atoms with E-state index in [0.717, 1.165) is 16.5 Å². The molecule has 0 spiro atoms. The Kier molecular flexibility index (Phi) is 7.04. The van der Waals surface area contributed by atoms with E-state index in [-0.39, 0.29) is 11.8 Å². The first-order valence-electron chi connectivity index (χ1n) is 11.5. The molecule has 2 heterocycles. The van der Waals surface area contributed by atoms with Crippen molar-refractivity contribution in [3.8, 4) is 6.07 Å². The molecule has 1 aliphatic rings. The van der Waals surface area contributed by atoms with Gasteiger partial charge in [-0.05, 0) is 60.7 Å². The summed E-state index contributed by atoms with van der Waals surface area (Å²) in [5.41, 5.74) is 3.35. The van der Waals surface area contributed by atoms with Crippen molar-refractivity contribution in [3.05, 3.63) is 65.4 Å². The summed E-state index contributed by atoms with van der Waals surface area (Å²) >= 11 is 0. The third-order valence-electron chi connectivity index (χ3n) is 6.57. The van der Waals surface area contributed by atoms with Gasteiger partial charge in [-0.2, -0.15) is 18.4 Å². The summed E-state index contributed by atoms with van der Waals surface area (Å²) in [5, 5.41) is 22.1. The molecule has 2 N–H and O–H groups in total. The molecule has 2 amide bonds. The van der Waals surface area contributed by atoms with Gasteiger partial charge in [0.05, 0.1) is 18.1 Å². The van der Waals surface area contributed by atoms with Gasteiger partial charge < -0.3 is 19.9 Å². The summed E-state index contributed by atoms with van der Waals surface area (Å²) in [4.78, 5) is 26.3. The number of alkyl halides is 3. The normalized spacial score (nSPS) is 15.5. The Labute approximate surface area is 205 Å². The maximum atomic E-state index is 12.7. The molecule has 0 bridgehead atoms. The maximum Gasteiger partial charge on any atom is 0.414 e. The smallest absolute Gasteiger partial charge is 0.383 e. The Morgan fingerprint density at radius 1 is 1.19 bits per heavy atom. The van der Waals surface area contributed by atoms with Crippen LogP contribution in [0.1, 0.15) is 46.7 Å². The lowest BCUT2D eigenvalue weighted by molar-refractivity contribution is -0.207. The van der Waals surface area contributed by atoms with Crippen molar-refractivity contribution in [1.82, 2.24) is 9.47 Å². The fourth-order valence-electron chi connectivity index (χ4n) is 4.61. The van der Waals surface area contributed by atoms with Gasteiger partial charge in [0.1, 0.15) is 0 Å². The average molecular weight is 499 g/mol. The largest absolute Gasteiger partial charge is 0.414 e. The number of nitrogens with one attached hydrogen (secondary N) is 1. The van der Waals surface area contributed by atoms with E-state index in [2.05, 4.69) is 5.32 Å². The van der Waals surface area contributed by atoms with E-state index in [0.29, 0.717) is 42.7 Å². The number of halogens is 3. The number of aryl methyl sites for hydroxylation is 1. The average Bonchev–Trinajstić information content (AvgIpc) is 3.19. The molecule has 1 saturated heterocycles. The predicted octanol–water partition coefficient (Wildman–Crippen LogP) is 4.32. The van der Waals surface area contributed by atoms with Crippen LogP contribution < -0.4 is 5.32 Å². The van der Waals surface area contributed by atoms with Crippen molar-refractivity contribution in [2.24, 2.45) is 7.05 Å². The molecule has 1 atom stereocenters. The summed E-state index contributed by atoms with van der Waals surface area (Å²) in [6.45, 7) is 0.603. The van der Waals surface area contributed by atoms with Crippen molar-refractivity contribution in [3.63, 3.8) is 0 Å². The third kappa shape index (κ3) is 5.36. The van der Waals surface area contributed by atoms with Crippen LogP contribution >= 0.6 is 0 Å². The Balaban J connectivity index is 1.48. The third-order valence-corrected chi connectivity index (χ3v) is 6.57. The number of anilines is 1. The Morgan fingerprint density at radius 3 is 2.58 bits per heavy atom. The quantitative estimate of drug-likeness (QED) is 0.547. The maximum absolute atomic E-state index is 12.7. The van der Waals surface area contributed by atoms with Crippen LogP contribution in [0.4, 0.5) is 18.9 Å². The number of amides is 2. The molecule has 3 aromatic rings. The first-order valence-corrected chi connectivity index (χ1v) is 11.5. The second-order valence-corrected chi connectivity index (χ2v) is 8.99. The molecule has 10 heteroatoms. The van der Waals surface area contributed by atoms with Crippen LogP contribution in [0.25, 0.3) is 10.9 Å². The van der Waals surface area contributed by atoms with Crippen molar-refractivity contribution in [1.29, 1.82) is 5.26 Å². The monoisotopic (exact) mass is 498 g/mol. The molecule has 1 fully saturated rings. The molecule has 0 aliphatic carbocycles. The Morgan fingerprint density at radius 2 is 1.92 bits per heavy atom. The molecule has 1 aliphatic heterocycles. The van der Waals surface area contributed by atoms with Gasteiger partial charge in [0.2, 0.25) is 5.91 Å². The van der Waals surface area contributed by atoms with Crippen molar-refractivity contribution >= 4 is 28.4 Å². The number of aromatic nitrogens is 1. The number of carbonyl (C=O) groups is 2. The summed E-state index contributed by atoms with van der Waals surface area (Å²) in [6.07, 6.45) is -5.29. The number of carbonyl (C=O) groups excluding carboxylic acids is 2. The highest BCUT2D eigenvalue weighted by Gasteiger charge is 2.40. The van der Waals surface area contributed by atoms with Crippen LogP contribution in [-0.4, -0.2) is 51.8 Å². The Bertz CT molecular complexity index is 1330. The highest BCUT2D eigenvalue weighted by atomic mass is 19.4. The van der Waals surface area contributed by atoms with Crippen LogP contribution in [0.2, 0.25) is 0 Å². The molecular formula is C26H25F3N4O3. The topological polar surface area (TPSA) is 98.4 Å². The second-order valence-electron chi connectivity index (χ2n) is 8.99. The number of aliphatic hydroxyl groups is 1. The number of hydrogen-bond acceptors (Lipinski definition) is 4. The lowest BCUT2D eigenvalue weighted by Gasteiger charge is -2.32. The molecular weight excluding hydrogens is 473 g/mol. The molecule has 0 radical (unpaired) electrons. The SMILES string of the molecule is Cn1cc(C2CCN(C(=O)C[C@@H](O)C(F)(F)F)CC2)c2cc(NC(=O)c3cccc(C#N)c3)ccc21. The second kappa shape index (κ2) is 10.0. The van der Waals surface area contributed by atoms with E-state index in [9.17, 15) is 27.9 Å². The molecule has 4 rings (SSSR count). The van der Waals surface area contributed by atoms with Gasteiger partial charge in [0.25, 0.3) is 5.91 Å². The van der Waals surface area contributed by atoms with Gasteiger partial charge in [0, 0.05) is 48.5 Å². The van der Waals surface area contributed by atoms with E-state index < -0.39 is 24.6 Å². The summed E-state index contributed by atoms with van der Waals surface area (Å²) < 4.78 is 39.7. The van der Waals surface area contributed by atoms with E-state index in [4.69, 9.17) is 5.26 Å². The molecule has 2 aromatic carbocycles. The van der Waals surface area contributed by atoms with Crippen LogP contribution in [0.15, 0.2) is 48.7 Å². The van der Waals surface area contributed by atoms with Gasteiger partial charge >= 0.3 is 6.18 Å². The first-order chi connectivity index (χ1) is 17.1. The highest BCUT2D eigenvalue weighted by Crippen LogP contribution is 2.36. The van der Waals surface area contributed by atoms with Gasteiger partial charge in [-0.15, -0.1) is 0 Å². The van der Waals surface area contributed by atoms with E-state index in [1.54, 1.807) is 24.3 Å². The van der Waals surface area contributed by atoms with Gasteiger partial charge in [-0.1, -0.05) is 6.07 Å². The zero-order chi connectivity index (χ0) is 26.0. The van der Waals surface area contributed by atoms with Crippen molar-refractivity contribution in [2.75, 3.05) is 18.4 Å². The number of piperidine rings is 1. The van der Waals surface area contributed by atoms with E-state index >= 15 is 0 Å². The number of aliphatic hydroxyl groups excluding tert-OH is 1. The van der Waals surface area contributed by atoms with E-state index in [1.165, 1.54) is 11.0 Å². The van der Waals surface area contributed by atoms with Crippen molar-refractivity contribution < 1.29 is 27.9 Å². The van der Waals surface area contributed by atoms with Crippen LogP contribution in [0.3, 0.4) is 0 Å². The number of hydrogen-bond donors (Lipinski definition) is 2. The number of likely N-dealkylation sites (tertiary alicyclic amines) is 1. The first kappa shape index (κ1) is 25.3. The zero-order valence-electron chi connectivity index (χ0n) is 19.5. The summed E-state index contributed by atoms with van der Waals surface area (Å²) in [7, 11) is 1.91. The molecule has 36 heavy (non-hydrogen) atoms. The summed E-state index contributed by atoms with van der Waals surface area (Å²) in [5.74, 6) is -0.956. The molecule has 7 nitrogen and oxygen atoms in total. The van der Waals surface area contributed by atoms with Crippen LogP contribution in [0, 0.1) is 11.3 Å². The molecule has 188 valence electrons. The minimum Gasteiger partial charge on any atom is -0.383 e. The number of rotatable bonds is 5. The lowest BCUT2D eigenvalue weighted by Crippen LogP contribution is -2.41. The fraction of sp³-hybridized carbons (Fsp3) is 0.346. The lowest BCUT2D eigenvalue weighted by atomic mass is 9.89. The Hall–Kier alpha value is -3.84. The highest BCUT2D eigenvalue weighted by molar-refractivity contribution is 6.05. The van der Waals surface area contributed by atoms with Crippen LogP contribution in [0.5, 0.6) is 0 Å². The minimum atomic E-state index is -4.82. The molecule has 1 aromatic heterocycles. The standard InChI is InChI=1S/C26H25F3N4O3/c1-32-15-21(17-7-9-33(10-8-17)24(35)13-23(34)26(27,28)29)20-12-19(5-6-22(20)32)31-25(36)18-4-2-3-16(11-18)14-30/h2-6,11-12,15,17,23,34H,7-10,13H2,1H3,(H,31,36)/t23-/m1/s1. The number of fused-ring (bicyclic) bond motifs is 1. The van der Waals surface area contributed by atoms with Gasteiger partial charge in [0.15, 0.2) is 6.10 Å². The molecule has 0 unspecified atom stereocenters. The predicted molar refractivity (Wildman–Crippen MR) is 127 cm³/mol. The number of nitriles is 1. The fourth-order valence-corrected chi connectivity index (χ4v) is 4.61. The van der Waals surface area contributed by atoms with Crippen molar-refractivity contribution in [2.45, 2.75) is 37.5 Å². The molecule has 0 saturated carbocycles. The summed E-state index contributed by atoms with van der Waals surface area (Å²) in [6, 6.07) is 14.0. The van der Waals surface area contributed by atoms with Gasteiger partial charge in [-0.25, -0.2) is 0 Å². The minimum absolute atomic E-state index is 0.0866. The van der Waals surface area contributed by atoms with Crippen LogP contribution in [-0.2, 0) is 11.8 Å².